The lowest BCUT2D eigenvalue weighted by Gasteiger charge is -2.36. The molecular formula is C33H58N3O5+. The molecule has 0 aromatic carbocycles. The number of carbonyl (C=O) groups excluding carboxylic acids is 2. The molecule has 0 bridgehead atoms. The van der Waals surface area contributed by atoms with Crippen molar-refractivity contribution in [3.05, 3.63) is 29.6 Å². The van der Waals surface area contributed by atoms with E-state index in [1.54, 1.807) is 0 Å². The van der Waals surface area contributed by atoms with Gasteiger partial charge in [0, 0.05) is 24.1 Å². The average molecular weight is 577 g/mol. The van der Waals surface area contributed by atoms with Gasteiger partial charge in [0.25, 0.3) is 0 Å². The molecule has 0 aliphatic carbocycles. The summed E-state index contributed by atoms with van der Waals surface area (Å²) in [5, 5.41) is 5.66. The van der Waals surface area contributed by atoms with E-state index in [2.05, 4.69) is 35.1 Å². The second kappa shape index (κ2) is 22.3. The maximum absolute atomic E-state index is 12.2. The van der Waals surface area contributed by atoms with Crippen molar-refractivity contribution < 1.29 is 28.4 Å². The highest BCUT2D eigenvalue weighted by atomic mass is 16.6. The predicted octanol–water partition coefficient (Wildman–Crippen LogP) is 7.32. The van der Waals surface area contributed by atoms with Gasteiger partial charge in [0.05, 0.1) is 13.7 Å². The number of unbranched alkanes of at least 4 members (excludes halogenated alkanes) is 15. The number of hydrogen-bond acceptors (Lipinski definition) is 5. The highest BCUT2D eigenvalue weighted by molar-refractivity contribution is 5.67. The number of hydrogen-bond donors (Lipinski definition) is 2. The van der Waals surface area contributed by atoms with Crippen LogP contribution in [0.25, 0.3) is 0 Å². The molecule has 1 fully saturated rings. The van der Waals surface area contributed by atoms with Crippen molar-refractivity contribution in [3.63, 3.8) is 0 Å². The lowest BCUT2D eigenvalue weighted by molar-refractivity contribution is -0.701. The van der Waals surface area contributed by atoms with Crippen LogP contribution in [0.3, 0.4) is 0 Å². The standard InChI is InChI=1S/C33H57N3O5/c1-4-6-7-8-9-10-11-12-13-14-15-16-17-18-19-20-23-34-33(38)41-27-31-29(26-40-31)28-22-21-24-36(5-2)30(28)25-35-32(37)39-3/h21-22,24,29,31H,4-20,23,25-27H2,1-3H3,(H-,34,35,37,38)/p+1. The second-order valence-electron chi connectivity index (χ2n) is 11.3. The molecule has 1 aromatic heterocycles. The second-order valence-corrected chi connectivity index (χ2v) is 11.3. The van der Waals surface area contributed by atoms with E-state index in [4.69, 9.17) is 14.2 Å². The fraction of sp³-hybridized carbons (Fsp3) is 0.788. The molecule has 1 aromatic rings. The molecular weight excluding hydrogens is 518 g/mol. The highest BCUT2D eigenvalue weighted by Gasteiger charge is 2.38. The fourth-order valence-corrected chi connectivity index (χ4v) is 5.52. The lowest BCUT2D eigenvalue weighted by atomic mass is 9.88. The number of aryl methyl sites for hydroxylation is 1. The molecule has 2 atom stereocenters. The van der Waals surface area contributed by atoms with E-state index in [1.165, 1.54) is 97.0 Å². The van der Waals surface area contributed by atoms with Gasteiger partial charge in [-0.1, -0.05) is 103 Å². The molecule has 2 unspecified atom stereocenters. The van der Waals surface area contributed by atoms with Gasteiger partial charge in [-0.15, -0.1) is 0 Å². The van der Waals surface area contributed by atoms with Crippen molar-refractivity contribution in [2.45, 2.75) is 142 Å². The Balaban J connectivity index is 1.49. The van der Waals surface area contributed by atoms with Crippen molar-refractivity contribution in [1.82, 2.24) is 10.6 Å². The molecule has 2 amide bonds. The number of amides is 2. The molecule has 8 heteroatoms. The Hall–Kier alpha value is -2.35. The van der Waals surface area contributed by atoms with Crippen LogP contribution < -0.4 is 15.2 Å². The Morgan fingerprint density at radius 3 is 1.95 bits per heavy atom. The summed E-state index contributed by atoms with van der Waals surface area (Å²) >= 11 is 0. The summed E-state index contributed by atoms with van der Waals surface area (Å²) in [5.41, 5.74) is 2.10. The minimum atomic E-state index is -0.465. The first kappa shape index (κ1) is 34.8. The Labute approximate surface area is 249 Å². The van der Waals surface area contributed by atoms with Gasteiger partial charge in [-0.25, -0.2) is 14.2 Å². The van der Waals surface area contributed by atoms with Crippen LogP contribution in [0, 0.1) is 0 Å². The number of carbonyl (C=O) groups is 2. The molecule has 41 heavy (non-hydrogen) atoms. The third-order valence-electron chi connectivity index (χ3n) is 8.16. The van der Waals surface area contributed by atoms with Crippen LogP contribution in [0.2, 0.25) is 0 Å². The van der Waals surface area contributed by atoms with E-state index in [9.17, 15) is 9.59 Å². The van der Waals surface area contributed by atoms with Crippen LogP contribution in [0.5, 0.6) is 0 Å². The maximum atomic E-state index is 12.2. The van der Waals surface area contributed by atoms with E-state index in [-0.39, 0.29) is 24.7 Å². The molecule has 1 saturated heterocycles. The summed E-state index contributed by atoms with van der Waals surface area (Å²) in [6.07, 6.45) is 22.3. The van der Waals surface area contributed by atoms with Gasteiger partial charge in [-0.3, -0.25) is 0 Å². The molecule has 0 saturated carbocycles. The van der Waals surface area contributed by atoms with E-state index in [0.717, 1.165) is 30.6 Å². The molecule has 2 heterocycles. The summed E-state index contributed by atoms with van der Waals surface area (Å²) in [6, 6.07) is 4.06. The van der Waals surface area contributed by atoms with Gasteiger partial charge < -0.3 is 24.8 Å². The number of nitrogens with zero attached hydrogens (tertiary/aromatic N) is 1. The predicted molar refractivity (Wildman–Crippen MR) is 163 cm³/mol. The zero-order valence-corrected chi connectivity index (χ0v) is 26.2. The Morgan fingerprint density at radius 2 is 1.44 bits per heavy atom. The third kappa shape index (κ3) is 14.4. The summed E-state index contributed by atoms with van der Waals surface area (Å²) < 4.78 is 18.0. The molecule has 0 radical (unpaired) electrons. The molecule has 234 valence electrons. The lowest BCUT2D eigenvalue weighted by Crippen LogP contribution is -2.47. The van der Waals surface area contributed by atoms with E-state index in [1.807, 2.05) is 12.3 Å². The summed E-state index contributed by atoms with van der Waals surface area (Å²) in [7, 11) is 1.35. The van der Waals surface area contributed by atoms with Crippen molar-refractivity contribution in [2.24, 2.45) is 0 Å². The van der Waals surface area contributed by atoms with Crippen LogP contribution in [-0.2, 0) is 27.3 Å². The first-order valence-corrected chi connectivity index (χ1v) is 16.5. The SMILES string of the molecule is CCCCCCCCCCCCCCCCCCNC(=O)OCC1OCC1c1ccc[n+](CC)c1CNC(=O)OC. The average Bonchev–Trinajstić information content (AvgIpc) is 2.97. The molecule has 2 N–H and O–H groups in total. The minimum Gasteiger partial charge on any atom is -0.453 e. The number of methoxy groups -OCH3 is 1. The number of ether oxygens (including phenoxy) is 3. The molecule has 1 aliphatic rings. The van der Waals surface area contributed by atoms with Crippen LogP contribution in [0.1, 0.15) is 134 Å². The van der Waals surface area contributed by atoms with Gasteiger partial charge in [0.1, 0.15) is 25.8 Å². The van der Waals surface area contributed by atoms with Crippen LogP contribution in [-0.4, -0.2) is 45.2 Å². The summed E-state index contributed by atoms with van der Waals surface area (Å²) in [4.78, 5) is 23.8. The largest absolute Gasteiger partial charge is 0.453 e. The molecule has 8 nitrogen and oxygen atoms in total. The quantitative estimate of drug-likeness (QED) is 0.105. The Kier molecular flexibility index (Phi) is 18.9. The van der Waals surface area contributed by atoms with Crippen molar-refractivity contribution in [3.8, 4) is 0 Å². The first-order valence-electron chi connectivity index (χ1n) is 16.5. The number of pyridine rings is 1. The van der Waals surface area contributed by atoms with Crippen LogP contribution in [0.15, 0.2) is 18.3 Å². The van der Waals surface area contributed by atoms with Crippen molar-refractivity contribution in [2.75, 3.05) is 26.9 Å². The monoisotopic (exact) mass is 576 g/mol. The Bertz CT molecular complexity index is 850. The van der Waals surface area contributed by atoms with E-state index in [0.29, 0.717) is 19.7 Å². The summed E-state index contributed by atoms with van der Waals surface area (Å²) in [6.45, 7) is 6.90. The zero-order valence-electron chi connectivity index (χ0n) is 26.2. The van der Waals surface area contributed by atoms with Crippen LogP contribution in [0.4, 0.5) is 9.59 Å². The normalized spacial score (nSPS) is 16.2. The number of alkyl carbamates (subject to hydrolysis) is 2. The number of nitrogens with one attached hydrogen (secondary N) is 2. The third-order valence-corrected chi connectivity index (χ3v) is 8.16. The van der Waals surface area contributed by atoms with Gasteiger partial charge in [0.2, 0.25) is 5.69 Å². The topological polar surface area (TPSA) is 89.8 Å². The first-order chi connectivity index (χ1) is 20.1. The van der Waals surface area contributed by atoms with E-state index < -0.39 is 6.09 Å². The van der Waals surface area contributed by atoms with Gasteiger partial charge >= 0.3 is 12.2 Å². The van der Waals surface area contributed by atoms with Gasteiger partial charge in [-0.2, -0.15) is 0 Å². The number of aromatic nitrogens is 1. The minimum absolute atomic E-state index is 0.108. The van der Waals surface area contributed by atoms with Gasteiger partial charge in [0.15, 0.2) is 6.20 Å². The Morgan fingerprint density at radius 1 is 0.854 bits per heavy atom. The van der Waals surface area contributed by atoms with Gasteiger partial charge in [-0.05, 0) is 19.4 Å². The van der Waals surface area contributed by atoms with Crippen molar-refractivity contribution in [1.29, 1.82) is 0 Å². The number of rotatable bonds is 23. The molecule has 2 rings (SSSR count). The molecule has 0 spiro atoms. The fourth-order valence-electron chi connectivity index (χ4n) is 5.52. The smallest absolute Gasteiger partial charge is 0.407 e. The highest BCUT2D eigenvalue weighted by Crippen LogP contribution is 2.32. The summed E-state index contributed by atoms with van der Waals surface area (Å²) in [5.74, 6) is 0.108. The van der Waals surface area contributed by atoms with Crippen LogP contribution >= 0.6 is 0 Å². The van der Waals surface area contributed by atoms with E-state index >= 15 is 0 Å². The maximum Gasteiger partial charge on any atom is 0.407 e. The molecule has 1 aliphatic heterocycles. The van der Waals surface area contributed by atoms with Crippen molar-refractivity contribution >= 4 is 12.2 Å². The zero-order chi connectivity index (χ0) is 29.5.